The summed E-state index contributed by atoms with van der Waals surface area (Å²) in [5.41, 5.74) is 0. The molecule has 1 unspecified atom stereocenters. The SMILES string of the molecule is O=S(=O)(NCc1nnc2n1CC(C(F)(F)F)CC2)c1cccc2ccccc12. The molecule has 4 rings (SSSR count). The average molecular weight is 410 g/mol. The van der Waals surface area contributed by atoms with Crippen LogP contribution in [0.3, 0.4) is 0 Å². The normalized spacial score (nSPS) is 17.6. The van der Waals surface area contributed by atoms with Gasteiger partial charge in [-0.1, -0.05) is 36.4 Å². The Hall–Kier alpha value is -2.46. The quantitative estimate of drug-likeness (QED) is 0.717. The van der Waals surface area contributed by atoms with Crippen molar-refractivity contribution in [3.8, 4) is 0 Å². The molecule has 1 N–H and O–H groups in total. The highest BCUT2D eigenvalue weighted by molar-refractivity contribution is 7.89. The fourth-order valence-electron chi connectivity index (χ4n) is 3.45. The molecule has 0 aliphatic carbocycles. The molecule has 3 aromatic rings. The summed E-state index contributed by atoms with van der Waals surface area (Å²) in [7, 11) is -3.88. The minimum atomic E-state index is -4.30. The Kier molecular flexibility index (Phi) is 4.62. The van der Waals surface area contributed by atoms with Crippen LogP contribution < -0.4 is 4.72 Å². The summed E-state index contributed by atoms with van der Waals surface area (Å²) in [5.74, 6) is -0.864. The highest BCUT2D eigenvalue weighted by Crippen LogP contribution is 2.34. The Bertz CT molecular complexity index is 1120. The monoisotopic (exact) mass is 410 g/mol. The summed E-state index contributed by atoms with van der Waals surface area (Å²) >= 11 is 0. The van der Waals surface area contributed by atoms with E-state index in [1.54, 1.807) is 30.3 Å². The van der Waals surface area contributed by atoms with E-state index < -0.39 is 22.1 Å². The molecular weight excluding hydrogens is 393 g/mol. The number of nitrogens with zero attached hydrogens (tertiary/aromatic N) is 3. The molecule has 0 saturated heterocycles. The second-order valence-corrected chi connectivity index (χ2v) is 8.46. The molecule has 1 aliphatic rings. The first kappa shape index (κ1) is 18.9. The van der Waals surface area contributed by atoms with Crippen LogP contribution in [-0.4, -0.2) is 29.4 Å². The first-order chi connectivity index (χ1) is 13.3. The lowest BCUT2D eigenvalue weighted by atomic mass is 9.99. The van der Waals surface area contributed by atoms with Crippen LogP contribution in [0.4, 0.5) is 13.2 Å². The molecule has 2 heterocycles. The van der Waals surface area contributed by atoms with Crippen LogP contribution >= 0.6 is 0 Å². The molecule has 1 aliphatic heterocycles. The minimum absolute atomic E-state index is 0.0383. The number of hydrogen-bond donors (Lipinski definition) is 1. The topological polar surface area (TPSA) is 76.9 Å². The molecule has 0 radical (unpaired) electrons. The van der Waals surface area contributed by atoms with E-state index in [1.165, 1.54) is 10.6 Å². The van der Waals surface area contributed by atoms with Crippen LogP contribution in [0.2, 0.25) is 0 Å². The zero-order valence-electron chi connectivity index (χ0n) is 14.6. The highest BCUT2D eigenvalue weighted by atomic mass is 32.2. The van der Waals surface area contributed by atoms with Gasteiger partial charge in [0.25, 0.3) is 0 Å². The lowest BCUT2D eigenvalue weighted by Crippen LogP contribution is -2.34. The smallest absolute Gasteiger partial charge is 0.313 e. The van der Waals surface area contributed by atoms with E-state index in [4.69, 9.17) is 0 Å². The number of sulfonamides is 1. The van der Waals surface area contributed by atoms with Gasteiger partial charge in [-0.05, 0) is 17.9 Å². The maximum absolute atomic E-state index is 13.1. The number of aromatic nitrogens is 3. The van der Waals surface area contributed by atoms with Crippen LogP contribution in [0, 0.1) is 5.92 Å². The van der Waals surface area contributed by atoms with Gasteiger partial charge in [0.1, 0.15) is 11.6 Å². The maximum atomic E-state index is 13.1. The van der Waals surface area contributed by atoms with Crippen molar-refractivity contribution >= 4 is 20.8 Å². The van der Waals surface area contributed by atoms with Gasteiger partial charge >= 0.3 is 6.18 Å². The van der Waals surface area contributed by atoms with Gasteiger partial charge in [-0.3, -0.25) is 0 Å². The Morgan fingerprint density at radius 3 is 2.64 bits per heavy atom. The molecule has 10 heteroatoms. The van der Waals surface area contributed by atoms with Crippen LogP contribution in [0.1, 0.15) is 18.1 Å². The summed E-state index contributed by atoms with van der Waals surface area (Å²) in [6, 6.07) is 12.0. The molecule has 0 amide bonds. The number of nitrogens with one attached hydrogen (secondary N) is 1. The third-order valence-corrected chi connectivity index (χ3v) is 6.41. The highest BCUT2D eigenvalue weighted by Gasteiger charge is 2.42. The lowest BCUT2D eigenvalue weighted by Gasteiger charge is -2.26. The van der Waals surface area contributed by atoms with Crippen molar-refractivity contribution in [1.29, 1.82) is 0 Å². The molecule has 148 valence electrons. The van der Waals surface area contributed by atoms with Gasteiger partial charge in [-0.25, -0.2) is 13.1 Å². The van der Waals surface area contributed by atoms with E-state index in [2.05, 4.69) is 14.9 Å². The minimum Gasteiger partial charge on any atom is -0.313 e. The number of rotatable bonds is 4. The molecule has 28 heavy (non-hydrogen) atoms. The molecule has 0 saturated carbocycles. The summed E-state index contributed by atoms with van der Waals surface area (Å²) in [6.07, 6.45) is -4.18. The predicted octanol–water partition coefficient (Wildman–Crippen LogP) is 3.03. The predicted molar refractivity (Wildman–Crippen MR) is 95.9 cm³/mol. The largest absolute Gasteiger partial charge is 0.393 e. The number of aryl methyl sites for hydroxylation is 1. The molecule has 0 bridgehead atoms. The Balaban J connectivity index is 1.58. The first-order valence-electron chi connectivity index (χ1n) is 8.71. The van der Waals surface area contributed by atoms with Crippen molar-refractivity contribution in [2.45, 2.75) is 37.0 Å². The number of halogens is 3. The summed E-state index contributed by atoms with van der Waals surface area (Å²) in [4.78, 5) is 0.108. The van der Waals surface area contributed by atoms with E-state index in [1.807, 2.05) is 6.07 Å². The van der Waals surface area contributed by atoms with Gasteiger partial charge < -0.3 is 4.57 Å². The zero-order chi connectivity index (χ0) is 19.9. The Morgan fingerprint density at radius 2 is 1.86 bits per heavy atom. The number of alkyl halides is 3. The number of benzene rings is 2. The van der Waals surface area contributed by atoms with E-state index in [0.29, 0.717) is 11.2 Å². The zero-order valence-corrected chi connectivity index (χ0v) is 15.5. The van der Waals surface area contributed by atoms with E-state index in [0.717, 1.165) is 5.39 Å². The second kappa shape index (κ2) is 6.85. The third kappa shape index (κ3) is 3.49. The van der Waals surface area contributed by atoms with Gasteiger partial charge in [0, 0.05) is 18.4 Å². The Morgan fingerprint density at radius 1 is 1.11 bits per heavy atom. The van der Waals surface area contributed by atoms with E-state index in [9.17, 15) is 21.6 Å². The van der Waals surface area contributed by atoms with E-state index >= 15 is 0 Å². The standard InChI is InChI=1S/C18H17F3N4O2S/c19-18(20,21)13-8-9-16-23-24-17(25(16)11-13)10-22-28(26,27)15-7-3-5-12-4-1-2-6-14(12)15/h1-7,13,22H,8-11H2. The Labute approximate surface area is 159 Å². The fourth-order valence-corrected chi connectivity index (χ4v) is 4.66. The summed E-state index contributed by atoms with van der Waals surface area (Å²) in [5, 5.41) is 9.14. The third-order valence-electron chi connectivity index (χ3n) is 4.95. The average Bonchev–Trinajstić information content (AvgIpc) is 3.07. The van der Waals surface area contributed by atoms with Gasteiger partial charge in [0.15, 0.2) is 0 Å². The molecule has 1 atom stereocenters. The van der Waals surface area contributed by atoms with Crippen LogP contribution in [-0.2, 0) is 29.5 Å². The van der Waals surface area contributed by atoms with Crippen LogP contribution in [0.25, 0.3) is 10.8 Å². The van der Waals surface area contributed by atoms with Crippen LogP contribution in [0.5, 0.6) is 0 Å². The van der Waals surface area contributed by atoms with E-state index in [-0.39, 0.29) is 36.7 Å². The molecule has 6 nitrogen and oxygen atoms in total. The molecule has 2 aromatic carbocycles. The van der Waals surface area contributed by atoms with Crippen LogP contribution in [0.15, 0.2) is 47.4 Å². The second-order valence-electron chi connectivity index (χ2n) is 6.72. The fraction of sp³-hybridized carbons (Fsp3) is 0.333. The van der Waals surface area contributed by atoms with Crippen molar-refractivity contribution in [2.24, 2.45) is 5.92 Å². The van der Waals surface area contributed by atoms with Crippen molar-refractivity contribution in [2.75, 3.05) is 0 Å². The summed E-state index contributed by atoms with van der Waals surface area (Å²) in [6.45, 7) is -0.527. The van der Waals surface area contributed by atoms with Crippen molar-refractivity contribution in [3.63, 3.8) is 0 Å². The van der Waals surface area contributed by atoms with Gasteiger partial charge in [-0.15, -0.1) is 10.2 Å². The van der Waals surface area contributed by atoms with Gasteiger partial charge in [0.05, 0.1) is 17.4 Å². The maximum Gasteiger partial charge on any atom is 0.393 e. The number of hydrogen-bond acceptors (Lipinski definition) is 4. The number of fused-ring (bicyclic) bond motifs is 2. The molecule has 0 spiro atoms. The lowest BCUT2D eigenvalue weighted by molar-refractivity contribution is -0.182. The molecular formula is C18H17F3N4O2S. The van der Waals surface area contributed by atoms with Gasteiger partial charge in [-0.2, -0.15) is 13.2 Å². The van der Waals surface area contributed by atoms with Crippen molar-refractivity contribution < 1.29 is 21.6 Å². The molecule has 0 fully saturated rings. The van der Waals surface area contributed by atoms with Gasteiger partial charge in [0.2, 0.25) is 10.0 Å². The van der Waals surface area contributed by atoms with Crippen molar-refractivity contribution in [1.82, 2.24) is 19.5 Å². The summed E-state index contributed by atoms with van der Waals surface area (Å²) < 4.78 is 68.5. The molecule has 1 aromatic heterocycles. The van der Waals surface area contributed by atoms with Crippen molar-refractivity contribution in [3.05, 3.63) is 54.1 Å². The first-order valence-corrected chi connectivity index (χ1v) is 10.2.